The van der Waals surface area contributed by atoms with Gasteiger partial charge in [0.1, 0.15) is 5.72 Å². The number of sulfonamides is 1. The highest BCUT2D eigenvalue weighted by atomic mass is 32.2. The molecule has 226 valence electrons. The molecule has 1 aliphatic rings. The summed E-state index contributed by atoms with van der Waals surface area (Å²) in [4.78, 5) is 24.7. The maximum absolute atomic E-state index is 13.8. The van der Waals surface area contributed by atoms with Gasteiger partial charge in [0.15, 0.2) is 0 Å². The van der Waals surface area contributed by atoms with Gasteiger partial charge in [0.25, 0.3) is 0 Å². The normalized spacial score (nSPS) is 15.9. The number of rotatable bonds is 18. The van der Waals surface area contributed by atoms with Crippen molar-refractivity contribution < 1.29 is 23.1 Å². The molecule has 41 heavy (non-hydrogen) atoms. The highest BCUT2D eigenvalue weighted by Gasteiger charge is 2.43. The molecule has 2 aromatic carbocycles. The van der Waals surface area contributed by atoms with E-state index in [9.17, 15) is 23.1 Å². The molecule has 0 heterocycles. The second-order valence-corrected chi connectivity index (χ2v) is 13.4. The summed E-state index contributed by atoms with van der Waals surface area (Å²) in [6.45, 7) is 6.29. The van der Waals surface area contributed by atoms with Gasteiger partial charge in [-0.3, -0.25) is 9.59 Å². The first-order chi connectivity index (χ1) is 19.5. The number of carbonyl (C=O) groups is 2. The summed E-state index contributed by atoms with van der Waals surface area (Å²) in [5, 5.41) is 21.0. The lowest BCUT2D eigenvalue weighted by Crippen LogP contribution is -2.55. The second kappa shape index (κ2) is 15.4. The van der Waals surface area contributed by atoms with Crippen LogP contribution < -0.4 is 16.0 Å². The van der Waals surface area contributed by atoms with E-state index >= 15 is 0 Å². The summed E-state index contributed by atoms with van der Waals surface area (Å²) >= 11 is 0. The lowest BCUT2D eigenvalue weighted by Gasteiger charge is -2.40. The Morgan fingerprint density at radius 3 is 2.24 bits per heavy atom. The standard InChI is InChI=1S/C31H46N4O5S/c1-24(2)23-35(41(39,40)28-14-8-5-9-15-28)31(38,21-26-12-6-4-7-13-26)19-20-32-29(36)16-10-11-25(3)34-30(37)22-33-27-17-18-27/h4-9,12-15,24-25,27,33,38H,10-11,16-23H2,1-3H3,(H,32,36)(H,34,37). The number of hydrogen-bond acceptors (Lipinski definition) is 6. The van der Waals surface area contributed by atoms with Crippen molar-refractivity contribution in [2.75, 3.05) is 19.6 Å². The molecule has 4 N–H and O–H groups in total. The summed E-state index contributed by atoms with van der Waals surface area (Å²) in [6.07, 6.45) is 3.88. The topological polar surface area (TPSA) is 128 Å². The Labute approximate surface area is 245 Å². The van der Waals surface area contributed by atoms with Gasteiger partial charge in [-0.25, -0.2) is 8.42 Å². The number of carbonyl (C=O) groups excluding carboxylic acids is 2. The van der Waals surface area contributed by atoms with E-state index in [-0.39, 0.29) is 61.0 Å². The smallest absolute Gasteiger partial charge is 0.245 e. The molecule has 0 aliphatic heterocycles. The lowest BCUT2D eigenvalue weighted by molar-refractivity contribution is -0.122. The van der Waals surface area contributed by atoms with Crippen LogP contribution >= 0.6 is 0 Å². The van der Waals surface area contributed by atoms with Crippen LogP contribution in [0.15, 0.2) is 65.6 Å². The van der Waals surface area contributed by atoms with Crippen LogP contribution in [0.5, 0.6) is 0 Å². The van der Waals surface area contributed by atoms with Gasteiger partial charge in [-0.2, -0.15) is 4.31 Å². The molecule has 1 saturated carbocycles. The minimum atomic E-state index is -4.03. The van der Waals surface area contributed by atoms with Crippen LogP contribution in [-0.4, -0.2) is 67.1 Å². The Balaban J connectivity index is 1.61. The molecule has 2 aromatic rings. The summed E-state index contributed by atoms with van der Waals surface area (Å²) in [7, 11) is -4.03. The van der Waals surface area contributed by atoms with Crippen LogP contribution in [0.4, 0.5) is 0 Å². The monoisotopic (exact) mass is 586 g/mol. The van der Waals surface area contributed by atoms with Crippen molar-refractivity contribution in [3.63, 3.8) is 0 Å². The molecule has 0 spiro atoms. The molecule has 1 fully saturated rings. The third kappa shape index (κ3) is 10.8. The van der Waals surface area contributed by atoms with E-state index in [1.165, 1.54) is 16.4 Å². The van der Waals surface area contributed by atoms with E-state index in [2.05, 4.69) is 16.0 Å². The number of nitrogens with zero attached hydrogens (tertiary/aromatic N) is 1. The Morgan fingerprint density at radius 1 is 1.00 bits per heavy atom. The van der Waals surface area contributed by atoms with E-state index < -0.39 is 15.7 Å². The maximum atomic E-state index is 13.8. The zero-order valence-electron chi connectivity index (χ0n) is 24.5. The predicted molar refractivity (Wildman–Crippen MR) is 160 cm³/mol. The second-order valence-electron chi connectivity index (χ2n) is 11.5. The van der Waals surface area contributed by atoms with Crippen molar-refractivity contribution in [1.29, 1.82) is 0 Å². The first kappa shape index (κ1) is 32.7. The fraction of sp³-hybridized carbons (Fsp3) is 0.548. The molecular formula is C31H46N4O5S. The van der Waals surface area contributed by atoms with Crippen LogP contribution in [0.1, 0.15) is 64.9 Å². The van der Waals surface area contributed by atoms with Gasteiger partial charge in [0.05, 0.1) is 11.4 Å². The Bertz CT molecular complexity index is 1210. The van der Waals surface area contributed by atoms with Crippen LogP contribution in [0.3, 0.4) is 0 Å². The van der Waals surface area contributed by atoms with Crippen LogP contribution in [0.25, 0.3) is 0 Å². The number of hydrogen-bond donors (Lipinski definition) is 4. The summed E-state index contributed by atoms with van der Waals surface area (Å²) in [5.74, 6) is -0.261. The third-order valence-electron chi connectivity index (χ3n) is 7.08. The largest absolute Gasteiger partial charge is 0.374 e. The van der Waals surface area contributed by atoms with Crippen molar-refractivity contribution in [3.8, 4) is 0 Å². The number of nitrogens with one attached hydrogen (secondary N) is 3. The minimum absolute atomic E-state index is 0.0207. The molecular weight excluding hydrogens is 540 g/mol. The molecule has 0 aromatic heterocycles. The lowest BCUT2D eigenvalue weighted by atomic mass is 9.98. The molecule has 2 unspecified atom stereocenters. The fourth-order valence-electron chi connectivity index (χ4n) is 4.75. The molecule has 0 saturated heterocycles. The van der Waals surface area contributed by atoms with Gasteiger partial charge in [-0.15, -0.1) is 0 Å². The highest BCUT2D eigenvalue weighted by molar-refractivity contribution is 7.89. The molecule has 2 amide bonds. The SMILES string of the molecule is CC(C)CN(C(O)(CCNC(=O)CCCC(C)NC(=O)CNC1CC1)Cc1ccccc1)S(=O)(=O)c1ccccc1. The molecule has 3 rings (SSSR count). The zero-order valence-corrected chi connectivity index (χ0v) is 25.3. The predicted octanol–water partition coefficient (Wildman–Crippen LogP) is 3.20. The summed E-state index contributed by atoms with van der Waals surface area (Å²) in [6, 6.07) is 17.8. The van der Waals surface area contributed by atoms with Crippen LogP contribution in [0.2, 0.25) is 0 Å². The third-order valence-corrected chi connectivity index (χ3v) is 9.02. The van der Waals surface area contributed by atoms with E-state index in [4.69, 9.17) is 0 Å². The van der Waals surface area contributed by atoms with E-state index in [0.29, 0.717) is 25.4 Å². The number of benzene rings is 2. The molecule has 9 nitrogen and oxygen atoms in total. The minimum Gasteiger partial charge on any atom is -0.374 e. The summed E-state index contributed by atoms with van der Waals surface area (Å²) < 4.78 is 28.8. The van der Waals surface area contributed by atoms with E-state index in [1.54, 1.807) is 18.2 Å². The van der Waals surface area contributed by atoms with Gasteiger partial charge in [-0.05, 0) is 56.2 Å². The highest BCUT2D eigenvalue weighted by Crippen LogP contribution is 2.30. The number of aliphatic hydroxyl groups is 1. The first-order valence-corrected chi connectivity index (χ1v) is 16.1. The van der Waals surface area contributed by atoms with Crippen molar-refractivity contribution >= 4 is 21.8 Å². The van der Waals surface area contributed by atoms with Crippen molar-refractivity contribution in [3.05, 3.63) is 66.2 Å². The molecule has 0 radical (unpaired) electrons. The maximum Gasteiger partial charge on any atom is 0.245 e. The average Bonchev–Trinajstić information content (AvgIpc) is 3.76. The quantitative estimate of drug-likeness (QED) is 0.199. The molecule has 0 bridgehead atoms. The van der Waals surface area contributed by atoms with Crippen LogP contribution in [0, 0.1) is 5.92 Å². The Hall–Kier alpha value is -2.79. The van der Waals surface area contributed by atoms with Crippen molar-refractivity contribution in [1.82, 2.24) is 20.3 Å². The molecule has 2 atom stereocenters. The van der Waals surface area contributed by atoms with Crippen molar-refractivity contribution in [2.45, 2.75) is 88.4 Å². The van der Waals surface area contributed by atoms with Gasteiger partial charge in [-0.1, -0.05) is 62.4 Å². The van der Waals surface area contributed by atoms with E-state index in [1.807, 2.05) is 51.1 Å². The Morgan fingerprint density at radius 2 is 1.63 bits per heavy atom. The first-order valence-electron chi connectivity index (χ1n) is 14.6. The number of amides is 2. The van der Waals surface area contributed by atoms with Gasteiger partial charge in [0, 0.05) is 44.4 Å². The summed E-state index contributed by atoms with van der Waals surface area (Å²) in [5.41, 5.74) is -0.970. The average molecular weight is 587 g/mol. The zero-order chi connectivity index (χ0) is 29.9. The van der Waals surface area contributed by atoms with Gasteiger partial charge < -0.3 is 21.1 Å². The molecule has 10 heteroatoms. The molecule has 1 aliphatic carbocycles. The van der Waals surface area contributed by atoms with Crippen molar-refractivity contribution in [2.24, 2.45) is 5.92 Å². The van der Waals surface area contributed by atoms with Gasteiger partial charge >= 0.3 is 0 Å². The van der Waals surface area contributed by atoms with Gasteiger partial charge in [0.2, 0.25) is 21.8 Å². The van der Waals surface area contributed by atoms with E-state index in [0.717, 1.165) is 18.4 Å². The Kier molecular flexibility index (Phi) is 12.3. The fourth-order valence-corrected chi connectivity index (χ4v) is 6.60. The van der Waals surface area contributed by atoms with Crippen LogP contribution in [-0.2, 0) is 26.0 Å².